The molecule has 2 rings (SSSR count). The Morgan fingerprint density at radius 2 is 2.12 bits per heavy atom. The molecule has 0 bridgehead atoms. The molecule has 2 atom stereocenters. The second-order valence-electron chi connectivity index (χ2n) is 4.37. The van der Waals surface area contributed by atoms with Gasteiger partial charge >= 0.3 is 0 Å². The number of benzene rings is 1. The molecular weight excluding hydrogens is 218 g/mol. The molecule has 1 aliphatic heterocycles. The highest BCUT2D eigenvalue weighted by Crippen LogP contribution is 2.25. The lowest BCUT2D eigenvalue weighted by Gasteiger charge is -2.29. The van der Waals surface area contributed by atoms with Gasteiger partial charge < -0.3 is 10.4 Å². The number of phenols is 1. The van der Waals surface area contributed by atoms with Gasteiger partial charge in [-0.3, -0.25) is 0 Å². The summed E-state index contributed by atoms with van der Waals surface area (Å²) >= 11 is 2.06. The zero-order valence-electron chi connectivity index (χ0n) is 9.65. The first-order valence-electron chi connectivity index (χ1n) is 5.88. The highest BCUT2D eigenvalue weighted by Gasteiger charge is 2.20. The normalized spacial score (nSPS) is 25.6. The number of hydrogen-bond acceptors (Lipinski definition) is 3. The lowest BCUT2D eigenvalue weighted by atomic mass is 10.1. The molecule has 1 aromatic rings. The first-order chi connectivity index (χ1) is 7.75. The quantitative estimate of drug-likeness (QED) is 0.848. The molecule has 2 N–H and O–H groups in total. The first kappa shape index (κ1) is 11.8. The Bertz CT molecular complexity index is 325. The summed E-state index contributed by atoms with van der Waals surface area (Å²) in [4.78, 5) is 0. The highest BCUT2D eigenvalue weighted by molar-refractivity contribution is 7.99. The predicted octanol–water partition coefficient (Wildman–Crippen LogP) is 2.77. The fourth-order valence-electron chi connectivity index (χ4n) is 2.05. The zero-order chi connectivity index (χ0) is 11.4. The van der Waals surface area contributed by atoms with Gasteiger partial charge in [-0.15, -0.1) is 0 Å². The van der Waals surface area contributed by atoms with Gasteiger partial charge in [-0.2, -0.15) is 11.8 Å². The largest absolute Gasteiger partial charge is 0.508 e. The molecule has 1 fully saturated rings. The number of nitrogens with one attached hydrogen (secondary N) is 1. The third-order valence-electron chi connectivity index (χ3n) is 3.11. The highest BCUT2D eigenvalue weighted by atomic mass is 32.2. The van der Waals surface area contributed by atoms with Crippen LogP contribution in [0.25, 0.3) is 0 Å². The van der Waals surface area contributed by atoms with Crippen LogP contribution in [-0.2, 0) is 6.54 Å². The lowest BCUT2D eigenvalue weighted by Crippen LogP contribution is -2.38. The van der Waals surface area contributed by atoms with Crippen LogP contribution in [0.15, 0.2) is 24.3 Å². The number of aromatic hydroxyl groups is 1. The van der Waals surface area contributed by atoms with E-state index in [4.69, 9.17) is 0 Å². The predicted molar refractivity (Wildman–Crippen MR) is 69.9 cm³/mol. The van der Waals surface area contributed by atoms with Gasteiger partial charge in [0.2, 0.25) is 0 Å². The summed E-state index contributed by atoms with van der Waals surface area (Å²) in [5.74, 6) is 1.64. The summed E-state index contributed by atoms with van der Waals surface area (Å²) in [6, 6.07) is 8.07. The second-order valence-corrected chi connectivity index (χ2v) is 5.86. The van der Waals surface area contributed by atoms with Crippen LogP contribution in [0.1, 0.15) is 25.3 Å². The van der Waals surface area contributed by atoms with Gasteiger partial charge in [0.1, 0.15) is 5.75 Å². The summed E-state index contributed by atoms with van der Waals surface area (Å²) in [6.45, 7) is 3.20. The van der Waals surface area contributed by atoms with E-state index in [9.17, 15) is 5.11 Å². The van der Waals surface area contributed by atoms with Crippen molar-refractivity contribution in [1.29, 1.82) is 0 Å². The van der Waals surface area contributed by atoms with E-state index >= 15 is 0 Å². The molecule has 0 spiro atoms. The monoisotopic (exact) mass is 237 g/mol. The van der Waals surface area contributed by atoms with Gasteiger partial charge in [-0.1, -0.05) is 19.1 Å². The van der Waals surface area contributed by atoms with E-state index in [0.29, 0.717) is 17.0 Å². The van der Waals surface area contributed by atoms with Crippen LogP contribution in [0, 0.1) is 0 Å². The van der Waals surface area contributed by atoms with Gasteiger partial charge in [0.05, 0.1) is 0 Å². The zero-order valence-corrected chi connectivity index (χ0v) is 10.5. The molecule has 1 aromatic carbocycles. The van der Waals surface area contributed by atoms with Gasteiger partial charge in [0.15, 0.2) is 0 Å². The summed E-state index contributed by atoms with van der Waals surface area (Å²) in [7, 11) is 0. The van der Waals surface area contributed by atoms with Crippen LogP contribution in [0.5, 0.6) is 5.75 Å². The molecular formula is C13H19NOS. The van der Waals surface area contributed by atoms with Crippen molar-refractivity contribution in [2.24, 2.45) is 0 Å². The molecule has 1 heterocycles. The van der Waals surface area contributed by atoms with E-state index < -0.39 is 0 Å². The maximum absolute atomic E-state index is 9.19. The Hall–Kier alpha value is -0.670. The molecule has 16 heavy (non-hydrogen) atoms. The van der Waals surface area contributed by atoms with Crippen molar-refractivity contribution in [3.63, 3.8) is 0 Å². The van der Waals surface area contributed by atoms with Crippen molar-refractivity contribution >= 4 is 11.8 Å². The maximum Gasteiger partial charge on any atom is 0.115 e. The standard InChI is InChI=1S/C13H19NOS/c1-10-13(3-2-8-16-10)14-9-11-4-6-12(15)7-5-11/h4-7,10,13-15H,2-3,8-9H2,1H3. The average molecular weight is 237 g/mol. The molecule has 1 saturated heterocycles. The van der Waals surface area contributed by atoms with Crippen molar-refractivity contribution in [3.05, 3.63) is 29.8 Å². The molecule has 3 heteroatoms. The molecule has 88 valence electrons. The minimum absolute atomic E-state index is 0.338. The molecule has 0 radical (unpaired) electrons. The van der Waals surface area contributed by atoms with Crippen LogP contribution in [0.4, 0.5) is 0 Å². The lowest BCUT2D eigenvalue weighted by molar-refractivity contribution is 0.460. The van der Waals surface area contributed by atoms with Crippen LogP contribution in [-0.4, -0.2) is 22.2 Å². The van der Waals surface area contributed by atoms with E-state index in [1.807, 2.05) is 12.1 Å². The molecule has 2 unspecified atom stereocenters. The van der Waals surface area contributed by atoms with Gasteiger partial charge in [0, 0.05) is 17.8 Å². The fraction of sp³-hybridized carbons (Fsp3) is 0.538. The molecule has 0 aliphatic carbocycles. The number of hydrogen-bond donors (Lipinski definition) is 2. The Balaban J connectivity index is 1.84. The number of phenolic OH excluding ortho intramolecular Hbond substituents is 1. The van der Waals surface area contributed by atoms with Crippen molar-refractivity contribution in [1.82, 2.24) is 5.32 Å². The van der Waals surface area contributed by atoms with Crippen LogP contribution < -0.4 is 5.32 Å². The minimum Gasteiger partial charge on any atom is -0.508 e. The van der Waals surface area contributed by atoms with Gasteiger partial charge in [-0.05, 0) is 36.3 Å². The van der Waals surface area contributed by atoms with Crippen molar-refractivity contribution < 1.29 is 5.11 Å². The van der Waals surface area contributed by atoms with Crippen molar-refractivity contribution in [2.45, 2.75) is 37.6 Å². The SMILES string of the molecule is CC1SCCCC1NCc1ccc(O)cc1. The summed E-state index contributed by atoms with van der Waals surface area (Å²) in [6.07, 6.45) is 2.61. The maximum atomic E-state index is 9.19. The second kappa shape index (κ2) is 5.60. The molecule has 0 amide bonds. The van der Waals surface area contributed by atoms with Crippen LogP contribution in [0.2, 0.25) is 0 Å². The van der Waals surface area contributed by atoms with Crippen LogP contribution in [0.3, 0.4) is 0 Å². The molecule has 1 aliphatic rings. The summed E-state index contributed by atoms with van der Waals surface area (Å²) in [5, 5.41) is 13.5. The molecule has 0 saturated carbocycles. The van der Waals surface area contributed by atoms with E-state index in [1.54, 1.807) is 12.1 Å². The topological polar surface area (TPSA) is 32.3 Å². The third kappa shape index (κ3) is 3.16. The van der Waals surface area contributed by atoms with Crippen molar-refractivity contribution in [2.75, 3.05) is 5.75 Å². The van der Waals surface area contributed by atoms with E-state index in [2.05, 4.69) is 24.0 Å². The Morgan fingerprint density at radius 1 is 1.38 bits per heavy atom. The third-order valence-corrected chi connectivity index (χ3v) is 4.49. The Morgan fingerprint density at radius 3 is 2.81 bits per heavy atom. The van der Waals surface area contributed by atoms with Crippen LogP contribution >= 0.6 is 11.8 Å². The summed E-state index contributed by atoms with van der Waals surface area (Å²) in [5.41, 5.74) is 1.24. The number of rotatable bonds is 3. The fourth-order valence-corrected chi connectivity index (χ4v) is 3.22. The first-order valence-corrected chi connectivity index (χ1v) is 6.93. The summed E-state index contributed by atoms with van der Waals surface area (Å²) < 4.78 is 0. The smallest absolute Gasteiger partial charge is 0.115 e. The number of thioether (sulfide) groups is 1. The van der Waals surface area contributed by atoms with Crippen molar-refractivity contribution in [3.8, 4) is 5.75 Å². The van der Waals surface area contributed by atoms with E-state index in [1.165, 1.54) is 24.2 Å². The van der Waals surface area contributed by atoms with E-state index in [-0.39, 0.29) is 0 Å². The minimum atomic E-state index is 0.338. The Kier molecular flexibility index (Phi) is 4.13. The molecule has 2 nitrogen and oxygen atoms in total. The Labute approximate surface area is 101 Å². The van der Waals surface area contributed by atoms with Gasteiger partial charge in [-0.25, -0.2) is 0 Å². The average Bonchev–Trinajstić information content (AvgIpc) is 2.30. The molecule has 0 aromatic heterocycles. The van der Waals surface area contributed by atoms with E-state index in [0.717, 1.165) is 6.54 Å². The van der Waals surface area contributed by atoms with Gasteiger partial charge in [0.25, 0.3) is 0 Å².